The summed E-state index contributed by atoms with van der Waals surface area (Å²) in [6, 6.07) is 13.1. The van der Waals surface area contributed by atoms with Crippen molar-refractivity contribution in [3.05, 3.63) is 71.1 Å². The Labute approximate surface area is 194 Å². The lowest BCUT2D eigenvalue weighted by atomic mass is 9.94. The second kappa shape index (κ2) is 10.5. The van der Waals surface area contributed by atoms with E-state index in [2.05, 4.69) is 32.3 Å². The molecule has 174 valence electrons. The van der Waals surface area contributed by atoms with Gasteiger partial charge in [-0.25, -0.2) is 14.6 Å². The van der Waals surface area contributed by atoms with Crippen LogP contribution in [-0.2, 0) is 16.0 Å². The molecule has 8 nitrogen and oxygen atoms in total. The van der Waals surface area contributed by atoms with Gasteiger partial charge in [0.2, 0.25) is 0 Å². The zero-order valence-electron chi connectivity index (χ0n) is 19.2. The Balaban J connectivity index is 1.56. The van der Waals surface area contributed by atoms with Crippen LogP contribution < -0.4 is 15.5 Å². The monoisotopic (exact) mass is 449 g/mol. The van der Waals surface area contributed by atoms with Crippen molar-refractivity contribution >= 4 is 17.8 Å². The summed E-state index contributed by atoms with van der Waals surface area (Å²) in [5.74, 6) is 0.561. The molecular weight excluding hydrogens is 418 g/mol. The summed E-state index contributed by atoms with van der Waals surface area (Å²) in [4.78, 5) is 34.5. The number of benzene rings is 1. The topological polar surface area (TPSA) is 86.8 Å². The van der Waals surface area contributed by atoms with Crippen LogP contribution in [0.25, 0.3) is 0 Å². The van der Waals surface area contributed by atoms with Gasteiger partial charge in [-0.05, 0) is 36.6 Å². The normalized spacial score (nSPS) is 19.2. The molecule has 2 aliphatic heterocycles. The number of esters is 1. The van der Waals surface area contributed by atoms with Crippen molar-refractivity contribution in [1.29, 1.82) is 0 Å². The standard InChI is InChI=1S/C25H31N5O3/c1-3-18-8-10-19(11-9-18)23-22(24(31)33-4-2)20(27-25(32)28-23)17-29-13-15-30(16-14-29)21-7-5-6-12-26-21/h5-12,23H,3-4,13-17H2,1-2H3,(H2,27,28,32)/t23-/m0/s1. The number of nitrogens with one attached hydrogen (secondary N) is 2. The maximum absolute atomic E-state index is 13.0. The van der Waals surface area contributed by atoms with E-state index in [0.29, 0.717) is 17.8 Å². The number of nitrogens with zero attached hydrogens (tertiary/aromatic N) is 3. The highest BCUT2D eigenvalue weighted by molar-refractivity contribution is 5.95. The Morgan fingerprint density at radius 2 is 1.85 bits per heavy atom. The molecule has 2 aromatic rings. The minimum atomic E-state index is -0.548. The number of amides is 2. The summed E-state index contributed by atoms with van der Waals surface area (Å²) in [6.07, 6.45) is 2.73. The van der Waals surface area contributed by atoms with Crippen molar-refractivity contribution in [3.8, 4) is 0 Å². The molecule has 33 heavy (non-hydrogen) atoms. The van der Waals surface area contributed by atoms with Crippen LogP contribution in [0.4, 0.5) is 10.6 Å². The fraction of sp³-hybridized carbons (Fsp3) is 0.400. The molecule has 0 aliphatic carbocycles. The number of carbonyl (C=O) groups excluding carboxylic acids is 2. The molecule has 0 radical (unpaired) electrons. The van der Waals surface area contributed by atoms with Crippen LogP contribution in [0.15, 0.2) is 59.9 Å². The van der Waals surface area contributed by atoms with Crippen LogP contribution in [0.1, 0.15) is 31.0 Å². The second-order valence-corrected chi connectivity index (χ2v) is 8.19. The molecule has 2 amide bonds. The summed E-state index contributed by atoms with van der Waals surface area (Å²) < 4.78 is 5.38. The van der Waals surface area contributed by atoms with Gasteiger partial charge in [0, 0.05) is 44.6 Å². The van der Waals surface area contributed by atoms with Crippen molar-refractivity contribution in [2.24, 2.45) is 0 Å². The maximum Gasteiger partial charge on any atom is 0.338 e. The number of pyridine rings is 1. The number of carbonyl (C=O) groups is 2. The van der Waals surface area contributed by atoms with E-state index in [1.165, 1.54) is 5.56 Å². The summed E-state index contributed by atoms with van der Waals surface area (Å²) in [5.41, 5.74) is 3.13. The van der Waals surface area contributed by atoms with E-state index in [0.717, 1.165) is 44.0 Å². The summed E-state index contributed by atoms with van der Waals surface area (Å²) in [6.45, 7) is 7.88. The highest BCUT2D eigenvalue weighted by atomic mass is 16.5. The Morgan fingerprint density at radius 3 is 2.48 bits per heavy atom. The molecule has 8 heteroatoms. The highest BCUT2D eigenvalue weighted by Gasteiger charge is 2.34. The van der Waals surface area contributed by atoms with Crippen molar-refractivity contribution < 1.29 is 14.3 Å². The van der Waals surface area contributed by atoms with Gasteiger partial charge in [0.15, 0.2) is 0 Å². The van der Waals surface area contributed by atoms with Crippen molar-refractivity contribution in [2.45, 2.75) is 26.3 Å². The first-order chi connectivity index (χ1) is 16.1. The third kappa shape index (κ3) is 5.34. The van der Waals surface area contributed by atoms with Crippen LogP contribution in [0.5, 0.6) is 0 Å². The average Bonchev–Trinajstić information content (AvgIpc) is 2.85. The molecule has 0 bridgehead atoms. The van der Waals surface area contributed by atoms with E-state index in [1.807, 2.05) is 42.5 Å². The van der Waals surface area contributed by atoms with E-state index in [1.54, 1.807) is 13.1 Å². The van der Waals surface area contributed by atoms with Crippen molar-refractivity contribution in [3.63, 3.8) is 0 Å². The molecule has 1 fully saturated rings. The van der Waals surface area contributed by atoms with E-state index in [4.69, 9.17) is 4.74 Å². The van der Waals surface area contributed by atoms with Gasteiger partial charge in [-0.3, -0.25) is 4.90 Å². The van der Waals surface area contributed by atoms with Crippen molar-refractivity contribution in [1.82, 2.24) is 20.5 Å². The molecule has 1 aromatic heterocycles. The predicted octanol–water partition coefficient (Wildman–Crippen LogP) is 2.64. The zero-order valence-corrected chi connectivity index (χ0v) is 19.2. The lowest BCUT2D eigenvalue weighted by Crippen LogP contribution is -2.52. The van der Waals surface area contributed by atoms with Gasteiger partial charge in [0.25, 0.3) is 0 Å². The summed E-state index contributed by atoms with van der Waals surface area (Å²) >= 11 is 0. The zero-order chi connectivity index (χ0) is 23.2. The summed E-state index contributed by atoms with van der Waals surface area (Å²) in [5, 5.41) is 5.79. The second-order valence-electron chi connectivity index (χ2n) is 8.19. The molecule has 0 unspecified atom stereocenters. The third-order valence-corrected chi connectivity index (χ3v) is 6.10. The van der Waals surface area contributed by atoms with Gasteiger partial charge in [0.1, 0.15) is 5.82 Å². The minimum absolute atomic E-state index is 0.272. The summed E-state index contributed by atoms with van der Waals surface area (Å²) in [7, 11) is 0. The fourth-order valence-electron chi connectivity index (χ4n) is 4.29. The highest BCUT2D eigenvalue weighted by Crippen LogP contribution is 2.29. The van der Waals surface area contributed by atoms with E-state index < -0.39 is 12.0 Å². The lowest BCUT2D eigenvalue weighted by Gasteiger charge is -2.37. The Kier molecular flexibility index (Phi) is 7.24. The van der Waals surface area contributed by atoms with Gasteiger partial charge in [-0.15, -0.1) is 0 Å². The number of urea groups is 1. The smallest absolute Gasteiger partial charge is 0.338 e. The van der Waals surface area contributed by atoms with Crippen LogP contribution in [0.2, 0.25) is 0 Å². The molecule has 2 aliphatic rings. The number of piperazine rings is 1. The van der Waals surface area contributed by atoms with Gasteiger partial charge >= 0.3 is 12.0 Å². The molecular formula is C25H31N5O3. The maximum atomic E-state index is 13.0. The first-order valence-electron chi connectivity index (χ1n) is 11.5. The largest absolute Gasteiger partial charge is 0.463 e. The van der Waals surface area contributed by atoms with Gasteiger partial charge in [-0.2, -0.15) is 0 Å². The Bertz CT molecular complexity index is 998. The molecule has 0 saturated carbocycles. The fourth-order valence-corrected chi connectivity index (χ4v) is 4.29. The van der Waals surface area contributed by atoms with Crippen LogP contribution in [0, 0.1) is 0 Å². The third-order valence-electron chi connectivity index (χ3n) is 6.10. The Hall–Kier alpha value is -3.39. The van der Waals surface area contributed by atoms with Gasteiger partial charge in [-0.1, -0.05) is 37.3 Å². The van der Waals surface area contributed by atoms with Crippen LogP contribution >= 0.6 is 0 Å². The number of hydrogen-bond donors (Lipinski definition) is 2. The first kappa shape index (κ1) is 22.8. The molecule has 2 N–H and O–H groups in total. The quantitative estimate of drug-likeness (QED) is 0.632. The Morgan fingerprint density at radius 1 is 1.09 bits per heavy atom. The SMILES string of the molecule is CCOC(=O)C1=C(CN2CCN(c3ccccn3)CC2)NC(=O)N[C@H]1c1ccc(CC)cc1. The number of rotatable bonds is 7. The van der Waals surface area contributed by atoms with E-state index >= 15 is 0 Å². The number of aromatic nitrogens is 1. The van der Waals surface area contributed by atoms with Crippen molar-refractivity contribution in [2.75, 3.05) is 44.2 Å². The lowest BCUT2D eigenvalue weighted by molar-refractivity contribution is -0.139. The number of anilines is 1. The van der Waals surface area contributed by atoms with Crippen LogP contribution in [-0.4, -0.2) is 61.2 Å². The van der Waals surface area contributed by atoms with E-state index in [9.17, 15) is 9.59 Å². The van der Waals surface area contributed by atoms with E-state index in [-0.39, 0.29) is 12.6 Å². The number of aryl methyl sites for hydroxylation is 1. The number of ether oxygens (including phenoxy) is 1. The first-order valence-corrected chi connectivity index (χ1v) is 11.5. The molecule has 0 spiro atoms. The predicted molar refractivity (Wildman–Crippen MR) is 127 cm³/mol. The van der Waals surface area contributed by atoms with Gasteiger partial charge < -0.3 is 20.3 Å². The minimum Gasteiger partial charge on any atom is -0.463 e. The van der Waals surface area contributed by atoms with Crippen LogP contribution in [0.3, 0.4) is 0 Å². The average molecular weight is 450 g/mol. The molecule has 1 aromatic carbocycles. The van der Waals surface area contributed by atoms with Gasteiger partial charge in [0.05, 0.1) is 18.2 Å². The molecule has 3 heterocycles. The molecule has 1 atom stereocenters. The molecule has 1 saturated heterocycles. The number of hydrogen-bond acceptors (Lipinski definition) is 6. The molecule has 4 rings (SSSR count).